The lowest BCUT2D eigenvalue weighted by Crippen LogP contribution is -2.18. The summed E-state index contributed by atoms with van der Waals surface area (Å²) in [6.07, 6.45) is -0.217. The van der Waals surface area contributed by atoms with Crippen molar-refractivity contribution in [3.8, 4) is 0 Å². The molecular weight excluding hydrogens is 392 g/mol. The van der Waals surface area contributed by atoms with Gasteiger partial charge in [-0.1, -0.05) is 17.7 Å². The fourth-order valence-corrected chi connectivity index (χ4v) is 4.02. The molecule has 0 saturated heterocycles. The van der Waals surface area contributed by atoms with Gasteiger partial charge >= 0.3 is 5.76 Å². The number of anilines is 1. The van der Waals surface area contributed by atoms with Crippen LogP contribution in [0.25, 0.3) is 11.1 Å². The Labute approximate surface area is 160 Å². The SMILES string of the molecule is Cc1ccc(Cl)cc1NC(=O)CCS(=O)(=O)c1ccc2c(c1)oc(=O)n2C. The summed E-state index contributed by atoms with van der Waals surface area (Å²) in [6.45, 7) is 1.81. The monoisotopic (exact) mass is 408 g/mol. The van der Waals surface area contributed by atoms with E-state index in [0.717, 1.165) is 5.56 Å². The van der Waals surface area contributed by atoms with E-state index in [9.17, 15) is 18.0 Å². The second-order valence-corrected chi connectivity index (χ2v) is 8.68. The fourth-order valence-electron chi connectivity index (χ4n) is 2.59. The van der Waals surface area contributed by atoms with E-state index < -0.39 is 21.5 Å². The summed E-state index contributed by atoms with van der Waals surface area (Å²) in [4.78, 5) is 23.7. The van der Waals surface area contributed by atoms with Crippen molar-refractivity contribution in [1.82, 2.24) is 4.57 Å². The normalized spacial score (nSPS) is 11.7. The predicted molar refractivity (Wildman–Crippen MR) is 103 cm³/mol. The number of carbonyl (C=O) groups excluding carboxylic acids is 1. The number of nitrogens with one attached hydrogen (secondary N) is 1. The van der Waals surface area contributed by atoms with Crippen LogP contribution in [0.3, 0.4) is 0 Å². The molecule has 1 heterocycles. The molecule has 0 saturated carbocycles. The van der Waals surface area contributed by atoms with Crippen LogP contribution in [0.4, 0.5) is 5.69 Å². The molecule has 0 unspecified atom stereocenters. The molecule has 1 amide bonds. The first kappa shape index (κ1) is 19.2. The first-order valence-corrected chi connectivity index (χ1v) is 10.1. The van der Waals surface area contributed by atoms with Gasteiger partial charge in [-0.15, -0.1) is 0 Å². The van der Waals surface area contributed by atoms with E-state index in [-0.39, 0.29) is 22.7 Å². The number of hydrogen-bond donors (Lipinski definition) is 1. The lowest BCUT2D eigenvalue weighted by molar-refractivity contribution is -0.115. The van der Waals surface area contributed by atoms with Gasteiger partial charge in [0.05, 0.1) is 16.2 Å². The van der Waals surface area contributed by atoms with Gasteiger partial charge in [-0.05, 0) is 36.8 Å². The van der Waals surface area contributed by atoms with Crippen molar-refractivity contribution >= 4 is 44.1 Å². The summed E-state index contributed by atoms with van der Waals surface area (Å²) in [6, 6.07) is 9.26. The topological polar surface area (TPSA) is 98.4 Å². The molecule has 9 heteroatoms. The number of aryl methyl sites for hydroxylation is 2. The number of nitrogens with zero attached hydrogens (tertiary/aromatic N) is 1. The fraction of sp³-hybridized carbons (Fsp3) is 0.222. The van der Waals surface area contributed by atoms with Crippen LogP contribution in [-0.4, -0.2) is 24.6 Å². The van der Waals surface area contributed by atoms with Crippen molar-refractivity contribution in [1.29, 1.82) is 0 Å². The second kappa shape index (κ2) is 7.21. The number of amides is 1. The number of carbonyl (C=O) groups is 1. The molecule has 3 aromatic rings. The van der Waals surface area contributed by atoms with E-state index in [1.165, 1.54) is 29.8 Å². The molecule has 3 rings (SSSR count). The van der Waals surface area contributed by atoms with Gasteiger partial charge < -0.3 is 9.73 Å². The highest BCUT2D eigenvalue weighted by Crippen LogP contribution is 2.22. The quantitative estimate of drug-likeness (QED) is 0.699. The van der Waals surface area contributed by atoms with Crippen molar-refractivity contribution in [3.05, 3.63) is 57.5 Å². The van der Waals surface area contributed by atoms with Crippen molar-refractivity contribution < 1.29 is 17.6 Å². The maximum absolute atomic E-state index is 12.5. The Hall–Kier alpha value is -2.58. The number of rotatable bonds is 5. The zero-order valence-electron chi connectivity index (χ0n) is 14.7. The Kier molecular flexibility index (Phi) is 5.12. The minimum absolute atomic E-state index is 0.00362. The number of oxazole rings is 1. The van der Waals surface area contributed by atoms with Gasteiger partial charge in [-0.3, -0.25) is 9.36 Å². The van der Waals surface area contributed by atoms with E-state index in [2.05, 4.69) is 5.32 Å². The molecule has 7 nitrogen and oxygen atoms in total. The van der Waals surface area contributed by atoms with Gasteiger partial charge in [0.2, 0.25) is 5.91 Å². The van der Waals surface area contributed by atoms with Gasteiger partial charge in [0.25, 0.3) is 0 Å². The van der Waals surface area contributed by atoms with Gasteiger partial charge in [-0.25, -0.2) is 13.2 Å². The van der Waals surface area contributed by atoms with Crippen LogP contribution in [0, 0.1) is 6.92 Å². The number of benzene rings is 2. The van der Waals surface area contributed by atoms with E-state index in [0.29, 0.717) is 16.2 Å². The van der Waals surface area contributed by atoms with Crippen molar-refractivity contribution in [2.24, 2.45) is 7.05 Å². The predicted octanol–water partition coefficient (Wildman–Crippen LogP) is 2.90. The molecule has 0 radical (unpaired) electrons. The lowest BCUT2D eigenvalue weighted by atomic mass is 10.2. The molecule has 0 fully saturated rings. The molecular formula is C18H17ClN2O5S. The van der Waals surface area contributed by atoms with E-state index in [1.807, 2.05) is 6.92 Å². The molecule has 2 aromatic carbocycles. The molecule has 27 heavy (non-hydrogen) atoms. The maximum atomic E-state index is 12.5. The van der Waals surface area contributed by atoms with Gasteiger partial charge in [0.15, 0.2) is 15.4 Å². The molecule has 0 aliphatic carbocycles. The van der Waals surface area contributed by atoms with Crippen LogP contribution < -0.4 is 11.1 Å². The van der Waals surface area contributed by atoms with Crippen molar-refractivity contribution in [2.45, 2.75) is 18.2 Å². The summed E-state index contributed by atoms with van der Waals surface area (Å²) < 4.78 is 31.3. The first-order chi connectivity index (χ1) is 12.7. The number of hydrogen-bond acceptors (Lipinski definition) is 5. The summed E-state index contributed by atoms with van der Waals surface area (Å²) >= 11 is 5.91. The van der Waals surface area contributed by atoms with Crippen LogP contribution in [0.5, 0.6) is 0 Å². The maximum Gasteiger partial charge on any atom is 0.419 e. The molecule has 0 aliphatic heterocycles. The third-order valence-electron chi connectivity index (χ3n) is 4.19. The number of aromatic nitrogens is 1. The Morgan fingerprint density at radius 1 is 1.22 bits per heavy atom. The Balaban J connectivity index is 1.73. The molecule has 0 spiro atoms. The number of fused-ring (bicyclic) bond motifs is 1. The summed E-state index contributed by atoms with van der Waals surface area (Å²) in [5.74, 6) is -1.38. The summed E-state index contributed by atoms with van der Waals surface area (Å²) in [7, 11) is -2.19. The third kappa shape index (κ3) is 4.06. The average Bonchev–Trinajstić information content (AvgIpc) is 2.90. The third-order valence-corrected chi connectivity index (χ3v) is 6.14. The van der Waals surface area contributed by atoms with Crippen molar-refractivity contribution in [2.75, 3.05) is 11.1 Å². The molecule has 142 valence electrons. The lowest BCUT2D eigenvalue weighted by Gasteiger charge is -2.09. The van der Waals surface area contributed by atoms with Crippen LogP contribution in [-0.2, 0) is 21.7 Å². The van der Waals surface area contributed by atoms with Gasteiger partial charge in [0, 0.05) is 30.2 Å². The Morgan fingerprint density at radius 2 is 1.96 bits per heavy atom. The Bertz CT molecular complexity index is 1190. The highest BCUT2D eigenvalue weighted by atomic mass is 35.5. The highest BCUT2D eigenvalue weighted by Gasteiger charge is 2.19. The number of sulfone groups is 1. The summed E-state index contributed by atoms with van der Waals surface area (Å²) in [5.41, 5.74) is 2.04. The molecule has 0 atom stereocenters. The molecule has 1 aromatic heterocycles. The standard InChI is InChI=1S/C18H17ClN2O5S/c1-11-3-4-12(19)9-14(11)20-17(22)7-8-27(24,25)13-5-6-15-16(10-13)26-18(23)21(15)2/h3-6,9-10H,7-8H2,1-2H3,(H,20,22). The minimum atomic E-state index is -3.72. The van der Waals surface area contributed by atoms with Gasteiger partial charge in [-0.2, -0.15) is 0 Å². The zero-order valence-corrected chi connectivity index (χ0v) is 16.2. The largest absolute Gasteiger partial charge is 0.419 e. The molecule has 0 bridgehead atoms. The van der Waals surface area contributed by atoms with Crippen molar-refractivity contribution in [3.63, 3.8) is 0 Å². The first-order valence-electron chi connectivity index (χ1n) is 8.06. The van der Waals surface area contributed by atoms with Crippen LogP contribution in [0.15, 0.2) is 50.5 Å². The van der Waals surface area contributed by atoms with Crippen LogP contribution in [0.1, 0.15) is 12.0 Å². The minimum Gasteiger partial charge on any atom is -0.408 e. The number of halogens is 1. The second-order valence-electron chi connectivity index (χ2n) is 6.13. The average molecular weight is 409 g/mol. The van der Waals surface area contributed by atoms with E-state index >= 15 is 0 Å². The van der Waals surface area contributed by atoms with Crippen LogP contribution >= 0.6 is 11.6 Å². The van der Waals surface area contributed by atoms with E-state index in [4.69, 9.17) is 16.0 Å². The Morgan fingerprint density at radius 3 is 2.70 bits per heavy atom. The highest BCUT2D eigenvalue weighted by molar-refractivity contribution is 7.91. The smallest absolute Gasteiger partial charge is 0.408 e. The molecule has 0 aliphatic rings. The zero-order chi connectivity index (χ0) is 19.8. The summed E-state index contributed by atoms with van der Waals surface area (Å²) in [5, 5.41) is 3.14. The molecule has 1 N–H and O–H groups in total. The van der Waals surface area contributed by atoms with E-state index in [1.54, 1.807) is 18.2 Å². The van der Waals surface area contributed by atoms with Crippen LogP contribution in [0.2, 0.25) is 5.02 Å². The van der Waals surface area contributed by atoms with Gasteiger partial charge in [0.1, 0.15) is 0 Å².